The molecule has 1 aliphatic rings. The zero-order valence-electron chi connectivity index (χ0n) is 10.9. The molecule has 8 heteroatoms. The van der Waals surface area contributed by atoms with Crippen molar-refractivity contribution < 1.29 is 22.8 Å². The van der Waals surface area contributed by atoms with E-state index >= 15 is 0 Å². The number of hydrogen-bond donors (Lipinski definition) is 0. The fourth-order valence-corrected chi connectivity index (χ4v) is 1.80. The summed E-state index contributed by atoms with van der Waals surface area (Å²) < 4.78 is 37.2. The average Bonchev–Trinajstić information content (AvgIpc) is 2.82. The molecule has 2 heterocycles. The fraction of sp³-hybridized carbons (Fsp3) is 0.308. The first-order valence-electron chi connectivity index (χ1n) is 6.14. The molecule has 21 heavy (non-hydrogen) atoms. The molecule has 1 aromatic rings. The molecule has 0 aliphatic carbocycles. The molecule has 0 atom stereocenters. The summed E-state index contributed by atoms with van der Waals surface area (Å²) in [5.74, 6) is -0.906. The van der Waals surface area contributed by atoms with Crippen molar-refractivity contribution in [3.8, 4) is 0 Å². The highest BCUT2D eigenvalue weighted by molar-refractivity contribution is 6.06. The average molecular weight is 299 g/mol. The predicted molar refractivity (Wildman–Crippen MR) is 67.8 cm³/mol. The van der Waals surface area contributed by atoms with Crippen LogP contribution in [0, 0.1) is 0 Å². The summed E-state index contributed by atoms with van der Waals surface area (Å²) in [4.78, 5) is 24.3. The topological polar surface area (TPSA) is 55.2 Å². The van der Waals surface area contributed by atoms with Gasteiger partial charge in [0, 0.05) is 24.4 Å². The van der Waals surface area contributed by atoms with E-state index in [2.05, 4.69) is 5.10 Å². The van der Waals surface area contributed by atoms with Crippen LogP contribution >= 0.6 is 0 Å². The highest BCUT2D eigenvalue weighted by Gasteiger charge is 2.28. The summed E-state index contributed by atoms with van der Waals surface area (Å²) in [7, 11) is 0. The van der Waals surface area contributed by atoms with Crippen LogP contribution in [-0.4, -0.2) is 39.2 Å². The molecule has 0 radical (unpaired) electrons. The molecule has 0 unspecified atom stereocenters. The van der Waals surface area contributed by atoms with E-state index in [1.165, 1.54) is 24.5 Å². The minimum absolute atomic E-state index is 0.297. The molecule has 0 spiro atoms. The summed E-state index contributed by atoms with van der Waals surface area (Å²) in [6, 6.07) is 0. The van der Waals surface area contributed by atoms with Crippen LogP contribution in [0.1, 0.15) is 12.0 Å². The number of aromatic nitrogens is 2. The summed E-state index contributed by atoms with van der Waals surface area (Å²) in [5.41, 5.74) is 0.354. The number of alkyl halides is 3. The third-order valence-corrected chi connectivity index (χ3v) is 2.72. The van der Waals surface area contributed by atoms with Gasteiger partial charge in [0.25, 0.3) is 11.8 Å². The van der Waals surface area contributed by atoms with E-state index < -0.39 is 24.5 Å². The molecule has 0 saturated heterocycles. The Morgan fingerprint density at radius 1 is 1.43 bits per heavy atom. The van der Waals surface area contributed by atoms with Gasteiger partial charge in [-0.05, 0) is 18.6 Å². The Kier molecular flexibility index (Phi) is 4.25. The van der Waals surface area contributed by atoms with E-state index in [-0.39, 0.29) is 0 Å². The van der Waals surface area contributed by atoms with Gasteiger partial charge in [-0.25, -0.2) is 0 Å². The molecule has 5 nitrogen and oxygen atoms in total. The summed E-state index contributed by atoms with van der Waals surface area (Å²) >= 11 is 0. The number of carbonyl (C=O) groups excluding carboxylic acids is 2. The highest BCUT2D eigenvalue weighted by Crippen LogP contribution is 2.17. The first kappa shape index (κ1) is 15.0. The van der Waals surface area contributed by atoms with E-state index in [1.54, 1.807) is 6.08 Å². The van der Waals surface area contributed by atoms with Crippen molar-refractivity contribution in [3.63, 3.8) is 0 Å². The van der Waals surface area contributed by atoms with Crippen LogP contribution in [0.25, 0.3) is 6.08 Å². The van der Waals surface area contributed by atoms with Crippen molar-refractivity contribution in [2.45, 2.75) is 19.1 Å². The molecule has 0 saturated carbocycles. The third-order valence-electron chi connectivity index (χ3n) is 2.72. The number of amides is 2. The van der Waals surface area contributed by atoms with E-state index in [4.69, 9.17) is 0 Å². The van der Waals surface area contributed by atoms with Gasteiger partial charge in [-0.1, -0.05) is 6.08 Å². The Labute approximate surface area is 118 Å². The molecule has 0 aromatic carbocycles. The molecule has 0 fully saturated rings. The van der Waals surface area contributed by atoms with Crippen molar-refractivity contribution in [2.24, 2.45) is 0 Å². The van der Waals surface area contributed by atoms with Gasteiger partial charge in [-0.15, -0.1) is 0 Å². The monoisotopic (exact) mass is 299 g/mol. The molecule has 2 amide bonds. The zero-order valence-corrected chi connectivity index (χ0v) is 10.9. The summed E-state index contributed by atoms with van der Waals surface area (Å²) in [6.45, 7) is -0.893. The Balaban J connectivity index is 1.99. The Bertz CT molecular complexity index is 602. The second-order valence-corrected chi connectivity index (χ2v) is 4.44. The van der Waals surface area contributed by atoms with Gasteiger partial charge in [-0.3, -0.25) is 19.2 Å². The smallest absolute Gasteiger partial charge is 0.275 e. The van der Waals surface area contributed by atoms with Crippen molar-refractivity contribution in [3.05, 3.63) is 36.2 Å². The minimum atomic E-state index is -4.35. The van der Waals surface area contributed by atoms with Gasteiger partial charge in [0.05, 0.1) is 6.20 Å². The lowest BCUT2D eigenvalue weighted by Gasteiger charge is -2.19. The maximum absolute atomic E-state index is 12.2. The molecule has 2 rings (SSSR count). The van der Waals surface area contributed by atoms with E-state index in [9.17, 15) is 22.8 Å². The molecule has 1 aromatic heterocycles. The van der Waals surface area contributed by atoms with Crippen LogP contribution in [0.3, 0.4) is 0 Å². The van der Waals surface area contributed by atoms with Gasteiger partial charge >= 0.3 is 6.18 Å². The maximum atomic E-state index is 12.2. The molecule has 112 valence electrons. The second-order valence-electron chi connectivity index (χ2n) is 4.44. The Hall–Kier alpha value is -2.38. The van der Waals surface area contributed by atoms with Crippen LogP contribution < -0.4 is 0 Å². The number of hydrogen-bond acceptors (Lipinski definition) is 3. The standard InChI is InChI=1S/C13H12F3N3O2/c14-13(15,16)9-18-8-10(7-17-18)4-5-12(21)19-6-2-1-3-11(19)20/h1,3-5,7-8H,2,6,9H2/b5-4+. The molecular formula is C13H12F3N3O2. The number of imide groups is 1. The first-order chi connectivity index (χ1) is 9.85. The lowest BCUT2D eigenvalue weighted by molar-refractivity contribution is -0.143. The van der Waals surface area contributed by atoms with Crippen molar-refractivity contribution in [1.82, 2.24) is 14.7 Å². The SMILES string of the molecule is O=C1C=CCCN1C(=O)/C=C/c1cnn(CC(F)(F)F)c1. The van der Waals surface area contributed by atoms with E-state index in [1.807, 2.05) is 0 Å². The molecular weight excluding hydrogens is 287 g/mol. The number of halogens is 3. The van der Waals surface area contributed by atoms with Gasteiger partial charge in [0.1, 0.15) is 6.54 Å². The quantitative estimate of drug-likeness (QED) is 0.799. The lowest BCUT2D eigenvalue weighted by Crippen LogP contribution is -2.37. The highest BCUT2D eigenvalue weighted by atomic mass is 19.4. The Morgan fingerprint density at radius 3 is 2.86 bits per heavy atom. The van der Waals surface area contributed by atoms with Gasteiger partial charge in [0.15, 0.2) is 0 Å². The van der Waals surface area contributed by atoms with Gasteiger partial charge in [0.2, 0.25) is 0 Å². The normalized spacial score (nSPS) is 16.0. The number of carbonyl (C=O) groups is 2. The maximum Gasteiger partial charge on any atom is 0.408 e. The molecule has 0 bridgehead atoms. The summed E-state index contributed by atoms with van der Waals surface area (Å²) in [5, 5.41) is 3.55. The predicted octanol–water partition coefficient (Wildman–Crippen LogP) is 1.77. The largest absolute Gasteiger partial charge is 0.408 e. The number of nitrogens with zero attached hydrogens (tertiary/aromatic N) is 3. The summed E-state index contributed by atoms with van der Waals surface area (Å²) in [6.07, 6.45) is 4.10. The van der Waals surface area contributed by atoms with Crippen LogP contribution in [0.5, 0.6) is 0 Å². The van der Waals surface area contributed by atoms with Crippen LogP contribution in [-0.2, 0) is 16.1 Å². The van der Waals surface area contributed by atoms with Crippen molar-refractivity contribution in [2.75, 3.05) is 6.54 Å². The zero-order chi connectivity index (χ0) is 15.5. The van der Waals surface area contributed by atoms with Crippen molar-refractivity contribution >= 4 is 17.9 Å². The molecule has 1 aliphatic heterocycles. The molecule has 0 N–H and O–H groups in total. The fourth-order valence-electron chi connectivity index (χ4n) is 1.80. The lowest BCUT2D eigenvalue weighted by atomic mass is 10.2. The van der Waals surface area contributed by atoms with E-state index in [0.717, 1.165) is 15.7 Å². The van der Waals surface area contributed by atoms with Crippen LogP contribution in [0.15, 0.2) is 30.6 Å². The Morgan fingerprint density at radius 2 is 2.19 bits per heavy atom. The van der Waals surface area contributed by atoms with Gasteiger partial charge in [-0.2, -0.15) is 18.3 Å². The van der Waals surface area contributed by atoms with E-state index in [0.29, 0.717) is 18.5 Å². The second kappa shape index (κ2) is 5.94. The first-order valence-corrected chi connectivity index (χ1v) is 6.14. The third kappa shape index (κ3) is 4.30. The van der Waals surface area contributed by atoms with Crippen LogP contribution in [0.2, 0.25) is 0 Å². The van der Waals surface area contributed by atoms with Gasteiger partial charge < -0.3 is 0 Å². The van der Waals surface area contributed by atoms with Crippen LogP contribution in [0.4, 0.5) is 13.2 Å². The minimum Gasteiger partial charge on any atom is -0.275 e. The number of rotatable bonds is 3. The van der Waals surface area contributed by atoms with Crippen molar-refractivity contribution in [1.29, 1.82) is 0 Å².